The van der Waals surface area contributed by atoms with Gasteiger partial charge in [-0.15, -0.1) is 0 Å². The Morgan fingerprint density at radius 1 is 0.303 bits per heavy atom. The molecule has 0 spiro atoms. The predicted octanol–water partition coefficient (Wildman–Crippen LogP) is 19.3. The number of rotatable bonds is 53. The summed E-state index contributed by atoms with van der Waals surface area (Å²) < 4.78 is 16.9. The molecule has 1 unspecified atom stereocenters. The molecule has 0 fully saturated rings. The van der Waals surface area contributed by atoms with Crippen LogP contribution in [0.4, 0.5) is 0 Å². The van der Waals surface area contributed by atoms with Gasteiger partial charge in [0.2, 0.25) is 0 Å². The fourth-order valence-electron chi connectivity index (χ4n) is 8.47. The molecule has 0 aromatic rings. The van der Waals surface area contributed by atoms with Gasteiger partial charge in [-0.1, -0.05) is 250 Å². The fourth-order valence-corrected chi connectivity index (χ4v) is 8.47. The molecule has 386 valence electrons. The van der Waals surface area contributed by atoms with Gasteiger partial charge < -0.3 is 14.2 Å². The summed E-state index contributed by atoms with van der Waals surface area (Å²) in [6, 6.07) is 0. The monoisotopic (exact) mass is 927 g/mol. The summed E-state index contributed by atoms with van der Waals surface area (Å²) in [7, 11) is 0. The highest BCUT2D eigenvalue weighted by Crippen LogP contribution is 2.16. The molecule has 0 aliphatic rings. The lowest BCUT2D eigenvalue weighted by atomic mass is 10.0. The van der Waals surface area contributed by atoms with Gasteiger partial charge in [0, 0.05) is 19.3 Å². The molecule has 0 aromatic heterocycles. The number of esters is 3. The second-order valence-corrected chi connectivity index (χ2v) is 19.6. The van der Waals surface area contributed by atoms with Crippen LogP contribution in [0.15, 0.2) is 36.5 Å². The van der Waals surface area contributed by atoms with Crippen molar-refractivity contribution in [2.75, 3.05) is 13.2 Å². The Bertz CT molecular complexity index is 1110. The Kier molecular flexibility index (Phi) is 53.2. The van der Waals surface area contributed by atoms with Gasteiger partial charge in [0.1, 0.15) is 13.2 Å². The third-order valence-electron chi connectivity index (χ3n) is 12.9. The molecule has 6 heteroatoms. The maximum absolute atomic E-state index is 12.8. The fraction of sp³-hybridized carbons (Fsp3) is 0.850. The normalized spacial score (nSPS) is 12.2. The van der Waals surface area contributed by atoms with Gasteiger partial charge in [-0.25, -0.2) is 0 Å². The smallest absolute Gasteiger partial charge is 0.306 e. The van der Waals surface area contributed by atoms with E-state index in [9.17, 15) is 14.4 Å². The summed E-state index contributed by atoms with van der Waals surface area (Å²) in [4.78, 5) is 38.1. The summed E-state index contributed by atoms with van der Waals surface area (Å²) in [5.41, 5.74) is 0. The molecule has 0 bridgehead atoms. The zero-order valence-electron chi connectivity index (χ0n) is 44.2. The number of ether oxygens (including phenoxy) is 3. The lowest BCUT2D eigenvalue weighted by Crippen LogP contribution is -2.30. The largest absolute Gasteiger partial charge is 0.462 e. The van der Waals surface area contributed by atoms with Gasteiger partial charge in [-0.05, 0) is 77.0 Å². The lowest BCUT2D eigenvalue weighted by molar-refractivity contribution is -0.167. The van der Waals surface area contributed by atoms with Crippen molar-refractivity contribution in [2.24, 2.45) is 0 Å². The van der Waals surface area contributed by atoms with Crippen LogP contribution in [0.1, 0.15) is 310 Å². The summed E-state index contributed by atoms with van der Waals surface area (Å²) in [5.74, 6) is -0.883. The van der Waals surface area contributed by atoms with Gasteiger partial charge in [0.15, 0.2) is 6.10 Å². The van der Waals surface area contributed by atoms with Gasteiger partial charge in [0.25, 0.3) is 0 Å². The zero-order valence-corrected chi connectivity index (χ0v) is 44.2. The maximum atomic E-state index is 12.8. The van der Waals surface area contributed by atoms with Crippen LogP contribution in [0.5, 0.6) is 0 Å². The Morgan fingerprint density at radius 3 is 0.864 bits per heavy atom. The third kappa shape index (κ3) is 52.6. The van der Waals surface area contributed by atoms with Crippen LogP contribution in [-0.2, 0) is 28.6 Å². The summed E-state index contributed by atoms with van der Waals surface area (Å²) in [6.45, 7) is 6.64. The Morgan fingerprint density at radius 2 is 0.545 bits per heavy atom. The van der Waals surface area contributed by atoms with E-state index in [1.807, 2.05) is 0 Å². The van der Waals surface area contributed by atoms with Gasteiger partial charge >= 0.3 is 17.9 Å². The van der Waals surface area contributed by atoms with Gasteiger partial charge in [-0.2, -0.15) is 0 Å². The van der Waals surface area contributed by atoms with Crippen molar-refractivity contribution in [3.05, 3.63) is 36.5 Å². The molecule has 0 saturated carbocycles. The van der Waals surface area contributed by atoms with Crippen LogP contribution in [-0.4, -0.2) is 37.2 Å². The first-order chi connectivity index (χ1) is 32.5. The van der Waals surface area contributed by atoms with Crippen LogP contribution in [0.25, 0.3) is 0 Å². The van der Waals surface area contributed by atoms with E-state index in [1.165, 1.54) is 180 Å². The van der Waals surface area contributed by atoms with Gasteiger partial charge in [-0.3, -0.25) is 14.4 Å². The number of hydrogen-bond donors (Lipinski definition) is 0. The first-order valence-electron chi connectivity index (χ1n) is 29.0. The highest BCUT2D eigenvalue weighted by atomic mass is 16.6. The second kappa shape index (κ2) is 55.2. The minimum Gasteiger partial charge on any atom is -0.462 e. The Hall–Kier alpha value is -2.37. The molecule has 0 heterocycles. The van der Waals surface area contributed by atoms with Crippen LogP contribution in [0, 0.1) is 0 Å². The van der Waals surface area contributed by atoms with Crippen molar-refractivity contribution in [1.29, 1.82) is 0 Å². The number of carbonyl (C=O) groups excluding carboxylic acids is 3. The first-order valence-corrected chi connectivity index (χ1v) is 29.0. The van der Waals surface area contributed by atoms with Crippen molar-refractivity contribution in [2.45, 2.75) is 316 Å². The Labute approximate surface area is 410 Å². The van der Waals surface area contributed by atoms with Crippen molar-refractivity contribution < 1.29 is 28.6 Å². The molecule has 0 aliphatic carbocycles. The predicted molar refractivity (Wildman–Crippen MR) is 284 cm³/mol. The number of allylic oxidation sites excluding steroid dienone is 6. The molecular weight excluding hydrogens is 817 g/mol. The van der Waals surface area contributed by atoms with Crippen molar-refractivity contribution >= 4 is 17.9 Å². The van der Waals surface area contributed by atoms with E-state index in [0.717, 1.165) is 89.9 Å². The minimum absolute atomic E-state index is 0.0769. The average molecular weight is 928 g/mol. The van der Waals surface area contributed by atoms with Crippen molar-refractivity contribution in [3.8, 4) is 0 Å². The van der Waals surface area contributed by atoms with E-state index in [-0.39, 0.29) is 31.1 Å². The van der Waals surface area contributed by atoms with Crippen molar-refractivity contribution in [3.63, 3.8) is 0 Å². The lowest BCUT2D eigenvalue weighted by Gasteiger charge is -2.18. The molecule has 0 radical (unpaired) electrons. The van der Waals surface area contributed by atoms with E-state index in [1.54, 1.807) is 0 Å². The summed E-state index contributed by atoms with van der Waals surface area (Å²) >= 11 is 0. The molecule has 0 amide bonds. The second-order valence-electron chi connectivity index (χ2n) is 19.6. The molecule has 66 heavy (non-hydrogen) atoms. The van der Waals surface area contributed by atoms with E-state index in [4.69, 9.17) is 14.2 Å². The maximum Gasteiger partial charge on any atom is 0.306 e. The molecule has 6 nitrogen and oxygen atoms in total. The molecular formula is C60H110O6. The molecule has 0 aliphatic heterocycles. The number of unbranched alkanes of at least 4 members (excludes halogenated alkanes) is 36. The first kappa shape index (κ1) is 63.6. The van der Waals surface area contributed by atoms with E-state index < -0.39 is 6.10 Å². The average Bonchev–Trinajstić information content (AvgIpc) is 3.31. The standard InChI is InChI=1S/C60H110O6/c1-4-7-10-13-16-19-22-25-28-30-31-33-35-38-41-44-47-50-53-59(62)65-56-57(55-64-58(61)52-49-46-43-40-37-34-27-24-21-18-15-12-9-6-3)66-60(63)54-51-48-45-42-39-36-32-29-26-23-20-17-14-11-8-5-2/h20,23-24,27,29,32,57H,4-19,21-22,25-26,28,30-31,33-56H2,1-3H3/b23-20-,27-24-,32-29-. The molecule has 1 atom stereocenters. The summed E-state index contributed by atoms with van der Waals surface area (Å²) in [6.07, 6.45) is 65.6. The quantitative estimate of drug-likeness (QED) is 0.0262. The van der Waals surface area contributed by atoms with Gasteiger partial charge in [0.05, 0.1) is 0 Å². The Balaban J connectivity index is 4.36. The van der Waals surface area contributed by atoms with E-state index in [2.05, 4.69) is 57.2 Å². The van der Waals surface area contributed by atoms with E-state index >= 15 is 0 Å². The number of carbonyl (C=O) groups is 3. The topological polar surface area (TPSA) is 78.9 Å². The minimum atomic E-state index is -0.780. The molecule has 0 aromatic carbocycles. The third-order valence-corrected chi connectivity index (χ3v) is 12.9. The van der Waals surface area contributed by atoms with Crippen LogP contribution < -0.4 is 0 Å². The molecule has 0 N–H and O–H groups in total. The molecule has 0 rings (SSSR count). The number of hydrogen-bond acceptors (Lipinski definition) is 6. The van der Waals surface area contributed by atoms with E-state index in [0.29, 0.717) is 19.3 Å². The highest BCUT2D eigenvalue weighted by molar-refractivity contribution is 5.71. The van der Waals surface area contributed by atoms with Crippen molar-refractivity contribution in [1.82, 2.24) is 0 Å². The van der Waals surface area contributed by atoms with Crippen LogP contribution >= 0.6 is 0 Å². The SMILES string of the molecule is CCCCCC/C=C\C/C=C\CCCCCCCC(=O)OC(COC(=O)CCCCCCC/C=C\CCCCCCC)COC(=O)CCCCCCCCCCCCCCCCCCCC. The van der Waals surface area contributed by atoms with Crippen LogP contribution in [0.2, 0.25) is 0 Å². The zero-order chi connectivity index (χ0) is 47.9. The highest BCUT2D eigenvalue weighted by Gasteiger charge is 2.19. The van der Waals surface area contributed by atoms with Crippen LogP contribution in [0.3, 0.4) is 0 Å². The molecule has 0 saturated heterocycles. The summed E-state index contributed by atoms with van der Waals surface area (Å²) in [5, 5.41) is 0.